The van der Waals surface area contributed by atoms with Crippen LogP contribution in [0.25, 0.3) is 21.3 Å². The van der Waals surface area contributed by atoms with Gasteiger partial charge in [0.05, 0.1) is 17.8 Å². The Bertz CT molecular complexity index is 1080. The number of carbonyl (C=O) groups excluding carboxylic acids is 1. The summed E-state index contributed by atoms with van der Waals surface area (Å²) in [7, 11) is 0. The third kappa shape index (κ3) is 3.54. The Labute approximate surface area is 162 Å². The van der Waals surface area contributed by atoms with Crippen molar-refractivity contribution >= 4 is 27.5 Å². The molecule has 0 spiro atoms. The van der Waals surface area contributed by atoms with E-state index in [4.69, 9.17) is 4.74 Å². The number of ether oxygens (including phenoxy) is 1. The summed E-state index contributed by atoms with van der Waals surface area (Å²) in [4.78, 5) is 31.7. The van der Waals surface area contributed by atoms with E-state index in [-0.39, 0.29) is 11.7 Å². The van der Waals surface area contributed by atoms with Gasteiger partial charge in [0.15, 0.2) is 0 Å². The quantitative estimate of drug-likeness (QED) is 0.619. The maximum atomic E-state index is 13.2. The summed E-state index contributed by atoms with van der Waals surface area (Å²) in [5.41, 5.74) is 4.05. The van der Waals surface area contributed by atoms with Gasteiger partial charge >= 0.3 is 5.97 Å². The Balaban J connectivity index is 2.19. The lowest BCUT2D eigenvalue weighted by molar-refractivity contribution is -0.151. The van der Waals surface area contributed by atoms with Crippen molar-refractivity contribution < 1.29 is 9.53 Å². The molecule has 6 heteroatoms. The smallest absolute Gasteiger partial charge is 0.329 e. The minimum absolute atomic E-state index is 0.217. The van der Waals surface area contributed by atoms with Crippen LogP contribution < -0.4 is 5.56 Å². The van der Waals surface area contributed by atoms with Crippen LogP contribution in [0.5, 0.6) is 0 Å². The first kappa shape index (κ1) is 19.3. The molecule has 1 aromatic carbocycles. The van der Waals surface area contributed by atoms with E-state index >= 15 is 0 Å². The summed E-state index contributed by atoms with van der Waals surface area (Å²) in [6.45, 7) is 11.4. The van der Waals surface area contributed by atoms with Crippen LogP contribution in [0.15, 0.2) is 29.3 Å². The molecule has 1 atom stereocenters. The zero-order valence-corrected chi connectivity index (χ0v) is 17.3. The van der Waals surface area contributed by atoms with Gasteiger partial charge in [-0.25, -0.2) is 9.78 Å². The molecule has 0 aliphatic carbocycles. The number of rotatable bonds is 4. The fourth-order valence-electron chi connectivity index (χ4n) is 3.08. The molecule has 0 radical (unpaired) electrons. The minimum Gasteiger partial charge on any atom is -0.461 e. The maximum Gasteiger partial charge on any atom is 0.329 e. The lowest BCUT2D eigenvalue weighted by atomic mass is 9.99. The summed E-state index contributed by atoms with van der Waals surface area (Å²) < 4.78 is 6.62. The number of benzene rings is 1. The lowest BCUT2D eigenvalue weighted by Gasteiger charge is -2.16. The summed E-state index contributed by atoms with van der Waals surface area (Å²) in [6.07, 6.45) is 1.21. The Morgan fingerprint density at radius 1 is 1.15 bits per heavy atom. The number of esters is 1. The molecule has 0 aliphatic heterocycles. The van der Waals surface area contributed by atoms with Gasteiger partial charge in [-0.15, -0.1) is 11.3 Å². The van der Waals surface area contributed by atoms with Crippen molar-refractivity contribution in [2.24, 2.45) is 0 Å². The maximum absolute atomic E-state index is 13.2. The number of carbonyl (C=O) groups is 1. The van der Waals surface area contributed by atoms with E-state index in [0.29, 0.717) is 10.2 Å². The zero-order chi connectivity index (χ0) is 19.9. The van der Waals surface area contributed by atoms with E-state index in [1.165, 1.54) is 33.4 Å². The van der Waals surface area contributed by atoms with Crippen LogP contribution in [0, 0.1) is 20.8 Å². The molecule has 0 fully saturated rings. The molecule has 2 aromatic heterocycles. The number of aromatic nitrogens is 2. The van der Waals surface area contributed by atoms with Crippen molar-refractivity contribution in [1.29, 1.82) is 0 Å². The minimum atomic E-state index is -0.732. The van der Waals surface area contributed by atoms with E-state index in [1.807, 2.05) is 13.0 Å². The zero-order valence-electron chi connectivity index (χ0n) is 16.5. The van der Waals surface area contributed by atoms with Crippen LogP contribution in [0.1, 0.15) is 42.8 Å². The molecule has 142 valence electrons. The van der Waals surface area contributed by atoms with Crippen molar-refractivity contribution in [3.05, 3.63) is 50.9 Å². The van der Waals surface area contributed by atoms with Crippen LogP contribution in [0.2, 0.25) is 0 Å². The Morgan fingerprint density at radius 3 is 2.48 bits per heavy atom. The van der Waals surface area contributed by atoms with Crippen molar-refractivity contribution in [2.45, 2.75) is 53.7 Å². The van der Waals surface area contributed by atoms with Gasteiger partial charge in [-0.05, 0) is 58.2 Å². The predicted octanol–water partition coefficient (Wildman–Crippen LogP) is 4.56. The average Bonchev–Trinajstić information content (AvgIpc) is 2.93. The fourth-order valence-corrected chi connectivity index (χ4v) is 4.08. The van der Waals surface area contributed by atoms with Crippen LogP contribution in [-0.2, 0) is 9.53 Å². The van der Waals surface area contributed by atoms with Crippen LogP contribution >= 0.6 is 11.3 Å². The Hall–Kier alpha value is -2.47. The van der Waals surface area contributed by atoms with Crippen LogP contribution in [0.3, 0.4) is 0 Å². The molecule has 0 amide bonds. The van der Waals surface area contributed by atoms with Crippen LogP contribution in [0.4, 0.5) is 0 Å². The number of thiophene rings is 1. The first-order chi connectivity index (χ1) is 12.7. The third-order valence-corrected chi connectivity index (χ3v) is 5.73. The largest absolute Gasteiger partial charge is 0.461 e. The molecule has 5 nitrogen and oxygen atoms in total. The topological polar surface area (TPSA) is 61.2 Å². The summed E-state index contributed by atoms with van der Waals surface area (Å²) in [5, 5.41) is 0.562. The highest BCUT2D eigenvalue weighted by atomic mass is 32.1. The number of hydrogen-bond acceptors (Lipinski definition) is 5. The first-order valence-electron chi connectivity index (χ1n) is 8.99. The monoisotopic (exact) mass is 384 g/mol. The van der Waals surface area contributed by atoms with Gasteiger partial charge in [0, 0.05) is 10.4 Å². The van der Waals surface area contributed by atoms with E-state index in [1.54, 1.807) is 20.8 Å². The van der Waals surface area contributed by atoms with Gasteiger partial charge in [-0.3, -0.25) is 9.36 Å². The molecule has 0 saturated heterocycles. The first-order valence-corrected chi connectivity index (χ1v) is 9.80. The average molecular weight is 385 g/mol. The van der Waals surface area contributed by atoms with Crippen molar-refractivity contribution in [1.82, 2.24) is 9.55 Å². The highest BCUT2D eigenvalue weighted by molar-refractivity contribution is 7.19. The molecule has 3 aromatic rings. The van der Waals surface area contributed by atoms with Crippen molar-refractivity contribution in [3.8, 4) is 11.1 Å². The normalized spacial score (nSPS) is 12.6. The number of fused-ring (bicyclic) bond motifs is 1. The van der Waals surface area contributed by atoms with Gasteiger partial charge in [0.25, 0.3) is 5.56 Å². The SMILES string of the molecule is Cc1ccc(-c2c(C)sc3ncn(C(C)C(=O)OC(C)C)c(=O)c23)cc1C. The molecule has 0 aliphatic rings. The van der Waals surface area contributed by atoms with Gasteiger partial charge < -0.3 is 4.74 Å². The molecule has 3 rings (SSSR count). The highest BCUT2D eigenvalue weighted by Gasteiger charge is 2.23. The number of hydrogen-bond donors (Lipinski definition) is 0. The highest BCUT2D eigenvalue weighted by Crippen LogP contribution is 2.36. The van der Waals surface area contributed by atoms with Gasteiger partial charge in [0.2, 0.25) is 0 Å². The summed E-state index contributed by atoms with van der Waals surface area (Å²) in [5.74, 6) is -0.437. The number of nitrogens with zero attached hydrogens (tertiary/aromatic N) is 2. The lowest BCUT2D eigenvalue weighted by Crippen LogP contribution is -2.30. The molecule has 2 heterocycles. The van der Waals surface area contributed by atoms with E-state index in [2.05, 4.69) is 31.0 Å². The van der Waals surface area contributed by atoms with E-state index in [0.717, 1.165) is 16.0 Å². The number of aryl methyl sites for hydroxylation is 3. The standard InChI is InChI=1S/C21H24N2O3S/c1-11(2)26-21(25)14(5)23-10-22-19-18(20(23)24)17(15(6)27-19)16-8-7-12(3)13(4)9-16/h7-11,14H,1-6H3. The van der Waals surface area contributed by atoms with Gasteiger partial charge in [0.1, 0.15) is 10.9 Å². The Morgan fingerprint density at radius 2 is 1.85 bits per heavy atom. The Kier molecular flexibility index (Phi) is 5.20. The van der Waals surface area contributed by atoms with Gasteiger partial charge in [-0.2, -0.15) is 0 Å². The second kappa shape index (κ2) is 7.27. The molecule has 27 heavy (non-hydrogen) atoms. The molecular weight excluding hydrogens is 360 g/mol. The fraction of sp³-hybridized carbons (Fsp3) is 0.381. The second-order valence-electron chi connectivity index (χ2n) is 7.13. The molecule has 1 unspecified atom stereocenters. The molecule has 0 bridgehead atoms. The summed E-state index contributed by atoms with van der Waals surface area (Å²) in [6, 6.07) is 5.45. The molecular formula is C21H24N2O3S. The van der Waals surface area contributed by atoms with Gasteiger partial charge in [-0.1, -0.05) is 18.2 Å². The molecule has 0 saturated carbocycles. The van der Waals surface area contributed by atoms with Crippen molar-refractivity contribution in [3.63, 3.8) is 0 Å². The third-order valence-electron chi connectivity index (χ3n) is 4.72. The predicted molar refractivity (Wildman–Crippen MR) is 109 cm³/mol. The van der Waals surface area contributed by atoms with E-state index < -0.39 is 12.0 Å². The van der Waals surface area contributed by atoms with Crippen LogP contribution in [-0.4, -0.2) is 21.6 Å². The summed E-state index contributed by atoms with van der Waals surface area (Å²) >= 11 is 1.50. The molecule has 0 N–H and O–H groups in total. The van der Waals surface area contributed by atoms with E-state index in [9.17, 15) is 9.59 Å². The van der Waals surface area contributed by atoms with Crippen molar-refractivity contribution in [2.75, 3.05) is 0 Å². The second-order valence-corrected chi connectivity index (χ2v) is 8.33.